The van der Waals surface area contributed by atoms with Crippen molar-refractivity contribution in [1.29, 1.82) is 0 Å². The van der Waals surface area contributed by atoms with Crippen LogP contribution >= 0.6 is 0 Å². The van der Waals surface area contributed by atoms with Crippen LogP contribution in [0.1, 0.15) is 46.5 Å². The first-order valence-corrected chi connectivity index (χ1v) is 7.11. The number of aliphatic hydroxyl groups is 1. The van der Waals surface area contributed by atoms with Gasteiger partial charge < -0.3 is 10.4 Å². The van der Waals surface area contributed by atoms with E-state index >= 15 is 0 Å². The van der Waals surface area contributed by atoms with Crippen LogP contribution in [0.25, 0.3) is 0 Å². The summed E-state index contributed by atoms with van der Waals surface area (Å²) in [5.74, 6) is 0. The summed E-state index contributed by atoms with van der Waals surface area (Å²) in [6.45, 7) is 9.84. The van der Waals surface area contributed by atoms with Crippen molar-refractivity contribution in [1.82, 2.24) is 10.2 Å². The van der Waals surface area contributed by atoms with E-state index in [9.17, 15) is 5.11 Å². The second-order valence-corrected chi connectivity index (χ2v) is 6.97. The number of rotatable bonds is 4. The van der Waals surface area contributed by atoms with Crippen LogP contribution in [-0.2, 0) is 0 Å². The zero-order valence-electron chi connectivity index (χ0n) is 11.6. The van der Waals surface area contributed by atoms with Gasteiger partial charge in [0.1, 0.15) is 0 Å². The van der Waals surface area contributed by atoms with Gasteiger partial charge in [0.25, 0.3) is 0 Å². The van der Waals surface area contributed by atoms with E-state index in [1.807, 2.05) is 0 Å². The molecule has 2 rings (SSSR count). The van der Waals surface area contributed by atoms with Crippen LogP contribution in [0, 0.1) is 5.41 Å². The number of nitrogens with one attached hydrogen (secondary N) is 1. The lowest BCUT2D eigenvalue weighted by Gasteiger charge is -2.26. The molecule has 0 aliphatic carbocycles. The third-order valence-electron chi connectivity index (χ3n) is 4.07. The van der Waals surface area contributed by atoms with Crippen LogP contribution in [0.3, 0.4) is 0 Å². The van der Waals surface area contributed by atoms with Crippen molar-refractivity contribution >= 4 is 0 Å². The minimum Gasteiger partial charge on any atom is -0.392 e. The molecule has 3 unspecified atom stereocenters. The Morgan fingerprint density at radius 1 is 1.29 bits per heavy atom. The number of aliphatic hydroxyl groups excluding tert-OH is 1. The normalized spacial score (nSPS) is 31.8. The van der Waals surface area contributed by atoms with Crippen molar-refractivity contribution in [3.8, 4) is 0 Å². The van der Waals surface area contributed by atoms with Crippen molar-refractivity contribution in [2.24, 2.45) is 5.41 Å². The second-order valence-electron chi connectivity index (χ2n) is 6.97. The van der Waals surface area contributed by atoms with Crippen LogP contribution in [0.15, 0.2) is 0 Å². The molecule has 3 heteroatoms. The van der Waals surface area contributed by atoms with E-state index in [0.29, 0.717) is 6.04 Å². The quantitative estimate of drug-likeness (QED) is 0.783. The molecule has 0 spiro atoms. The smallest absolute Gasteiger partial charge is 0.0669 e. The first kappa shape index (κ1) is 13.3. The van der Waals surface area contributed by atoms with E-state index in [1.54, 1.807) is 0 Å². The van der Waals surface area contributed by atoms with Crippen LogP contribution in [0.4, 0.5) is 0 Å². The molecule has 2 saturated heterocycles. The third kappa shape index (κ3) is 3.67. The average molecular weight is 240 g/mol. The standard InChI is InChI=1S/C14H28N2O/c1-14(2,3)9-11(17)10-15-12-6-8-16-7-4-5-13(12)16/h11-13,15,17H,4-10H2,1-3H3. The topological polar surface area (TPSA) is 35.5 Å². The molecule has 17 heavy (non-hydrogen) atoms. The molecule has 0 aromatic heterocycles. The highest BCUT2D eigenvalue weighted by Crippen LogP contribution is 2.28. The minimum absolute atomic E-state index is 0.203. The number of hydrogen-bond donors (Lipinski definition) is 2. The zero-order valence-corrected chi connectivity index (χ0v) is 11.6. The molecule has 2 aliphatic heterocycles. The van der Waals surface area contributed by atoms with Crippen molar-refractivity contribution in [2.75, 3.05) is 19.6 Å². The van der Waals surface area contributed by atoms with Gasteiger partial charge in [0, 0.05) is 25.2 Å². The van der Waals surface area contributed by atoms with Gasteiger partial charge in [-0.2, -0.15) is 0 Å². The van der Waals surface area contributed by atoms with Gasteiger partial charge in [-0.15, -0.1) is 0 Å². The maximum Gasteiger partial charge on any atom is 0.0669 e. The molecule has 0 amide bonds. The predicted molar refractivity (Wildman–Crippen MR) is 71.1 cm³/mol. The van der Waals surface area contributed by atoms with Crippen molar-refractivity contribution in [3.05, 3.63) is 0 Å². The van der Waals surface area contributed by atoms with Gasteiger partial charge in [-0.05, 0) is 37.6 Å². The Balaban J connectivity index is 1.71. The summed E-state index contributed by atoms with van der Waals surface area (Å²) < 4.78 is 0. The first-order chi connectivity index (χ1) is 7.96. The lowest BCUT2D eigenvalue weighted by Crippen LogP contribution is -2.43. The molecule has 2 heterocycles. The minimum atomic E-state index is -0.203. The van der Waals surface area contributed by atoms with Crippen LogP contribution in [0.5, 0.6) is 0 Å². The summed E-state index contributed by atoms with van der Waals surface area (Å²) in [5.41, 5.74) is 0.218. The Hall–Kier alpha value is -0.120. The Labute approximate surface area is 106 Å². The highest BCUT2D eigenvalue weighted by Gasteiger charge is 2.36. The molecule has 100 valence electrons. The lowest BCUT2D eigenvalue weighted by atomic mass is 9.89. The Bertz CT molecular complexity index is 249. The van der Waals surface area contributed by atoms with Crippen molar-refractivity contribution < 1.29 is 5.11 Å². The fraction of sp³-hybridized carbons (Fsp3) is 1.00. The van der Waals surface area contributed by atoms with Crippen LogP contribution in [0.2, 0.25) is 0 Å². The summed E-state index contributed by atoms with van der Waals surface area (Å²) >= 11 is 0. The summed E-state index contributed by atoms with van der Waals surface area (Å²) in [7, 11) is 0. The lowest BCUT2D eigenvalue weighted by molar-refractivity contribution is 0.115. The molecular formula is C14H28N2O. The Morgan fingerprint density at radius 2 is 2.06 bits per heavy atom. The van der Waals surface area contributed by atoms with Gasteiger partial charge >= 0.3 is 0 Å². The first-order valence-electron chi connectivity index (χ1n) is 7.11. The van der Waals surface area contributed by atoms with Gasteiger partial charge in [0.05, 0.1) is 6.10 Å². The Morgan fingerprint density at radius 3 is 2.76 bits per heavy atom. The number of nitrogens with zero attached hydrogens (tertiary/aromatic N) is 1. The largest absolute Gasteiger partial charge is 0.392 e. The van der Waals surface area contributed by atoms with E-state index in [4.69, 9.17) is 0 Å². The Kier molecular flexibility index (Phi) is 4.11. The van der Waals surface area contributed by atoms with E-state index in [0.717, 1.165) is 19.0 Å². The maximum atomic E-state index is 10.0. The van der Waals surface area contributed by atoms with Crippen molar-refractivity contribution in [2.45, 2.75) is 64.6 Å². The fourth-order valence-electron chi connectivity index (χ4n) is 3.39. The molecule has 0 saturated carbocycles. The maximum absolute atomic E-state index is 10.0. The highest BCUT2D eigenvalue weighted by molar-refractivity contribution is 4.95. The molecule has 3 nitrogen and oxygen atoms in total. The predicted octanol–water partition coefficient (Wildman–Crippen LogP) is 1.61. The van der Waals surface area contributed by atoms with Crippen LogP contribution < -0.4 is 5.32 Å². The van der Waals surface area contributed by atoms with E-state index in [2.05, 4.69) is 31.0 Å². The van der Waals surface area contributed by atoms with E-state index in [-0.39, 0.29) is 11.5 Å². The molecule has 2 aliphatic rings. The van der Waals surface area contributed by atoms with Gasteiger partial charge in [-0.1, -0.05) is 20.8 Å². The molecule has 2 fully saturated rings. The zero-order chi connectivity index (χ0) is 12.5. The van der Waals surface area contributed by atoms with Gasteiger partial charge in [0.15, 0.2) is 0 Å². The summed E-state index contributed by atoms with van der Waals surface area (Å²) in [5, 5.41) is 13.6. The van der Waals surface area contributed by atoms with Crippen LogP contribution in [-0.4, -0.2) is 47.8 Å². The summed E-state index contributed by atoms with van der Waals surface area (Å²) in [6, 6.07) is 1.36. The fourth-order valence-corrected chi connectivity index (χ4v) is 3.39. The summed E-state index contributed by atoms with van der Waals surface area (Å²) in [4.78, 5) is 2.60. The molecule has 0 radical (unpaired) electrons. The monoisotopic (exact) mass is 240 g/mol. The second kappa shape index (κ2) is 5.25. The number of hydrogen-bond acceptors (Lipinski definition) is 3. The van der Waals surface area contributed by atoms with Gasteiger partial charge in [0.2, 0.25) is 0 Å². The molecule has 2 N–H and O–H groups in total. The van der Waals surface area contributed by atoms with Gasteiger partial charge in [-0.3, -0.25) is 4.90 Å². The average Bonchev–Trinajstić information content (AvgIpc) is 2.73. The summed E-state index contributed by atoms with van der Waals surface area (Å²) in [6.07, 6.45) is 4.62. The third-order valence-corrected chi connectivity index (χ3v) is 4.07. The molecule has 0 aromatic rings. The van der Waals surface area contributed by atoms with E-state index < -0.39 is 0 Å². The SMILES string of the molecule is CC(C)(C)CC(O)CNC1CCN2CCCC12. The molecule has 3 atom stereocenters. The van der Waals surface area contributed by atoms with Crippen molar-refractivity contribution in [3.63, 3.8) is 0 Å². The highest BCUT2D eigenvalue weighted by atomic mass is 16.3. The molecule has 0 aromatic carbocycles. The number of fused-ring (bicyclic) bond motifs is 1. The van der Waals surface area contributed by atoms with E-state index in [1.165, 1.54) is 32.4 Å². The molecule has 0 bridgehead atoms. The molecular weight excluding hydrogens is 212 g/mol. The van der Waals surface area contributed by atoms with Gasteiger partial charge in [-0.25, -0.2) is 0 Å².